The highest BCUT2D eigenvalue weighted by Crippen LogP contribution is 2.08. The van der Waals surface area contributed by atoms with E-state index in [1.165, 1.54) is 23.4 Å². The van der Waals surface area contributed by atoms with Crippen molar-refractivity contribution in [2.45, 2.75) is 17.6 Å². The van der Waals surface area contributed by atoms with Gasteiger partial charge >= 0.3 is 0 Å². The molecule has 3 nitrogen and oxygen atoms in total. The molecule has 0 N–H and O–H groups in total. The van der Waals surface area contributed by atoms with Crippen molar-refractivity contribution in [3.8, 4) is 0 Å². The lowest BCUT2D eigenvalue weighted by Gasteiger charge is -2.05. The summed E-state index contributed by atoms with van der Waals surface area (Å²) in [6, 6.07) is 16.4. The Morgan fingerprint density at radius 2 is 1.48 bits per heavy atom. The summed E-state index contributed by atoms with van der Waals surface area (Å²) in [5.74, 6) is 1.22. The Labute approximate surface area is 130 Å². The molecule has 0 radical (unpaired) electrons. The van der Waals surface area contributed by atoms with Gasteiger partial charge in [-0.3, -0.25) is 0 Å². The summed E-state index contributed by atoms with van der Waals surface area (Å²) in [5.41, 5.74) is 2.38. The molecular weight excluding hydrogens is 304 g/mol. The number of hydrogen-bond donors (Lipinski definition) is 0. The Kier molecular flexibility index (Phi) is 6.95. The molecule has 0 spiro atoms. The quantitative estimate of drug-likeness (QED) is 0.644. The number of aryl methyl sites for hydroxylation is 1. The van der Waals surface area contributed by atoms with Gasteiger partial charge in [-0.05, 0) is 30.0 Å². The van der Waals surface area contributed by atoms with E-state index in [0.717, 1.165) is 5.56 Å². The Bertz CT molecular complexity index is 633. The van der Waals surface area contributed by atoms with Crippen molar-refractivity contribution < 1.29 is 13.0 Å². The van der Waals surface area contributed by atoms with Crippen molar-refractivity contribution in [2.75, 3.05) is 12.5 Å². The van der Waals surface area contributed by atoms with Crippen LogP contribution in [0.2, 0.25) is 0 Å². The third kappa shape index (κ3) is 7.32. The molecule has 0 bridgehead atoms. The Hall–Kier alpha value is -1.30. The van der Waals surface area contributed by atoms with Gasteiger partial charge in [0.25, 0.3) is 0 Å². The summed E-state index contributed by atoms with van der Waals surface area (Å²) in [6.45, 7) is 1.82. The van der Waals surface area contributed by atoms with E-state index in [-0.39, 0.29) is 4.90 Å². The van der Waals surface area contributed by atoms with Crippen molar-refractivity contribution in [2.24, 2.45) is 0 Å². The fourth-order valence-electron chi connectivity index (χ4n) is 1.61. The average Bonchev–Trinajstić information content (AvgIpc) is 2.39. The molecule has 0 unspecified atom stereocenters. The standard InChI is InChI=1S/C9H13S.C7H8O3S/c1-10(2)8-9-6-4-3-5-7-9;1-6-2-4-7(5-3-6)11(8,9)10/h3-7H,8H2,1-2H3;2-5H,1H3,(H,8,9,10)/q+1;/p-1. The smallest absolute Gasteiger partial charge is 0.132 e. The van der Waals surface area contributed by atoms with Crippen LogP contribution in [-0.2, 0) is 26.8 Å². The van der Waals surface area contributed by atoms with Gasteiger partial charge in [-0.1, -0.05) is 48.0 Å². The molecule has 0 saturated carbocycles. The van der Waals surface area contributed by atoms with Gasteiger partial charge in [-0.2, -0.15) is 0 Å². The first-order valence-electron chi connectivity index (χ1n) is 6.39. The number of rotatable bonds is 3. The zero-order chi connectivity index (χ0) is 15.9. The van der Waals surface area contributed by atoms with Crippen molar-refractivity contribution in [1.29, 1.82) is 0 Å². The maximum Gasteiger partial charge on any atom is 0.132 e. The summed E-state index contributed by atoms with van der Waals surface area (Å²) in [5, 5.41) is 0. The lowest BCUT2D eigenvalue weighted by Crippen LogP contribution is -1.98. The molecule has 0 aliphatic heterocycles. The van der Waals surface area contributed by atoms with Gasteiger partial charge in [-0.25, -0.2) is 8.42 Å². The molecule has 2 rings (SSSR count). The van der Waals surface area contributed by atoms with Gasteiger partial charge in [-0.15, -0.1) is 0 Å². The molecule has 0 atom stereocenters. The normalized spacial score (nSPS) is 10.9. The van der Waals surface area contributed by atoms with E-state index in [4.69, 9.17) is 0 Å². The summed E-state index contributed by atoms with van der Waals surface area (Å²) in [4.78, 5) is -0.178. The van der Waals surface area contributed by atoms with Crippen molar-refractivity contribution >= 4 is 21.0 Å². The summed E-state index contributed by atoms with van der Waals surface area (Å²) < 4.78 is 31.2. The summed E-state index contributed by atoms with van der Waals surface area (Å²) in [7, 11) is -3.74. The molecule has 2 aromatic rings. The Morgan fingerprint density at radius 1 is 0.952 bits per heavy atom. The SMILES string of the molecule is C[S+](C)Cc1ccccc1.Cc1ccc(S(=O)(=O)[O-])cc1. The van der Waals surface area contributed by atoms with Crippen LogP contribution in [0.15, 0.2) is 59.5 Å². The maximum absolute atomic E-state index is 10.4. The first kappa shape index (κ1) is 17.8. The van der Waals surface area contributed by atoms with Crippen LogP contribution in [-0.4, -0.2) is 25.5 Å². The van der Waals surface area contributed by atoms with Gasteiger partial charge in [0.05, 0.1) is 17.4 Å². The minimum Gasteiger partial charge on any atom is -0.744 e. The molecule has 0 fully saturated rings. The molecule has 0 saturated heterocycles. The highest BCUT2D eigenvalue weighted by atomic mass is 32.2. The van der Waals surface area contributed by atoms with Crippen LogP contribution >= 0.6 is 0 Å². The second-order valence-corrected chi connectivity index (χ2v) is 8.52. The highest BCUT2D eigenvalue weighted by molar-refractivity contribution is 7.94. The van der Waals surface area contributed by atoms with Gasteiger partial charge in [0.2, 0.25) is 0 Å². The van der Waals surface area contributed by atoms with Gasteiger partial charge in [0, 0.05) is 5.56 Å². The zero-order valence-electron chi connectivity index (χ0n) is 12.4. The molecule has 2 aromatic carbocycles. The van der Waals surface area contributed by atoms with Crippen molar-refractivity contribution in [3.63, 3.8) is 0 Å². The average molecular weight is 324 g/mol. The minimum absolute atomic E-state index is 0.178. The molecular formula is C16H20O3S2. The summed E-state index contributed by atoms with van der Waals surface area (Å²) >= 11 is 0. The first-order valence-corrected chi connectivity index (χ1v) is 10.0. The topological polar surface area (TPSA) is 57.2 Å². The molecule has 0 heterocycles. The van der Waals surface area contributed by atoms with Crippen LogP contribution in [0.5, 0.6) is 0 Å². The zero-order valence-corrected chi connectivity index (χ0v) is 14.1. The largest absolute Gasteiger partial charge is 0.744 e. The van der Waals surface area contributed by atoms with E-state index in [2.05, 4.69) is 42.8 Å². The van der Waals surface area contributed by atoms with Gasteiger partial charge < -0.3 is 4.55 Å². The van der Waals surface area contributed by atoms with E-state index in [1.54, 1.807) is 12.1 Å². The Morgan fingerprint density at radius 3 is 1.90 bits per heavy atom. The second kappa shape index (κ2) is 8.22. The van der Waals surface area contributed by atoms with Crippen LogP contribution in [0.3, 0.4) is 0 Å². The molecule has 5 heteroatoms. The van der Waals surface area contributed by atoms with E-state index in [0.29, 0.717) is 10.9 Å². The third-order valence-corrected chi connectivity index (χ3v) is 4.37. The summed E-state index contributed by atoms with van der Waals surface area (Å²) in [6.07, 6.45) is 4.54. The van der Waals surface area contributed by atoms with Crippen LogP contribution in [0.25, 0.3) is 0 Å². The van der Waals surface area contributed by atoms with Gasteiger partial charge in [0.15, 0.2) is 0 Å². The lowest BCUT2D eigenvalue weighted by atomic mass is 10.2. The maximum atomic E-state index is 10.4. The van der Waals surface area contributed by atoms with E-state index in [1.807, 2.05) is 6.92 Å². The highest BCUT2D eigenvalue weighted by Gasteiger charge is 2.02. The molecule has 21 heavy (non-hydrogen) atoms. The minimum atomic E-state index is -4.27. The Balaban J connectivity index is 0.000000211. The second-order valence-electron chi connectivity index (χ2n) is 4.88. The predicted molar refractivity (Wildman–Crippen MR) is 88.5 cm³/mol. The van der Waals surface area contributed by atoms with Crippen LogP contribution < -0.4 is 0 Å². The van der Waals surface area contributed by atoms with E-state index < -0.39 is 10.1 Å². The van der Waals surface area contributed by atoms with E-state index >= 15 is 0 Å². The molecule has 0 aliphatic carbocycles. The molecule has 0 aliphatic rings. The predicted octanol–water partition coefficient (Wildman–Crippen LogP) is 2.96. The van der Waals surface area contributed by atoms with Crippen LogP contribution in [0.4, 0.5) is 0 Å². The molecule has 0 aromatic heterocycles. The third-order valence-electron chi connectivity index (χ3n) is 2.61. The van der Waals surface area contributed by atoms with Crippen LogP contribution in [0, 0.1) is 6.92 Å². The lowest BCUT2D eigenvalue weighted by molar-refractivity contribution is 0.463. The van der Waals surface area contributed by atoms with Gasteiger partial charge in [0.1, 0.15) is 15.9 Å². The molecule has 114 valence electrons. The monoisotopic (exact) mass is 324 g/mol. The van der Waals surface area contributed by atoms with E-state index in [9.17, 15) is 13.0 Å². The number of benzene rings is 2. The van der Waals surface area contributed by atoms with Crippen molar-refractivity contribution in [3.05, 3.63) is 65.7 Å². The van der Waals surface area contributed by atoms with Crippen LogP contribution in [0.1, 0.15) is 11.1 Å². The van der Waals surface area contributed by atoms with Crippen molar-refractivity contribution in [1.82, 2.24) is 0 Å². The number of hydrogen-bond acceptors (Lipinski definition) is 3. The fourth-order valence-corrected chi connectivity index (χ4v) is 2.94. The first-order chi connectivity index (χ1) is 9.79. The molecule has 0 amide bonds. The fraction of sp³-hybridized carbons (Fsp3) is 0.250.